The Morgan fingerprint density at radius 3 is 2.55 bits per heavy atom. The van der Waals surface area contributed by atoms with Crippen LogP contribution >= 0.6 is 23.2 Å². The molecule has 1 aliphatic heterocycles. The Labute approximate surface area is 126 Å². The maximum atomic E-state index is 12.8. The molecule has 0 spiro atoms. The summed E-state index contributed by atoms with van der Waals surface area (Å²) in [7, 11) is 0. The van der Waals surface area contributed by atoms with Crippen LogP contribution < -0.4 is 0 Å². The molecule has 2 rings (SSSR count). The van der Waals surface area contributed by atoms with E-state index in [-0.39, 0.29) is 0 Å². The molecule has 1 heterocycles. The molecule has 1 aromatic carbocycles. The molecule has 0 unspecified atom stereocenters. The lowest BCUT2D eigenvalue weighted by atomic mass is 10.0. The fourth-order valence-corrected chi connectivity index (χ4v) is 2.53. The number of hydrogen-bond donors (Lipinski definition) is 0. The Hall–Kier alpha value is -1.32. The maximum Gasteiger partial charge on any atom is 0.256 e. The van der Waals surface area contributed by atoms with Crippen molar-refractivity contribution >= 4 is 28.9 Å². The summed E-state index contributed by atoms with van der Waals surface area (Å²) in [5, 5.41) is 0.921. The standard InChI is InChI=1S/C15H13Cl2F2N/c1-9-3-6-14(20(10(9)2)8-15(18)19)12-5-4-11(16)7-13(12)17/h3-7,15H,2,8H2,1H3. The number of hydrogen-bond acceptors (Lipinski definition) is 1. The summed E-state index contributed by atoms with van der Waals surface area (Å²) in [6.07, 6.45) is 1.14. The van der Waals surface area contributed by atoms with Gasteiger partial charge < -0.3 is 4.90 Å². The third kappa shape index (κ3) is 3.05. The topological polar surface area (TPSA) is 3.24 Å². The van der Waals surface area contributed by atoms with E-state index in [2.05, 4.69) is 6.58 Å². The number of allylic oxidation sites excluding steroid dienone is 3. The summed E-state index contributed by atoms with van der Waals surface area (Å²) in [4.78, 5) is 1.48. The fraction of sp³-hybridized carbons (Fsp3) is 0.200. The zero-order chi connectivity index (χ0) is 14.9. The molecule has 5 heteroatoms. The average molecular weight is 316 g/mol. The van der Waals surface area contributed by atoms with Crippen molar-refractivity contribution in [1.29, 1.82) is 0 Å². The first kappa shape index (κ1) is 15.1. The van der Waals surface area contributed by atoms with Crippen LogP contribution in [-0.2, 0) is 0 Å². The summed E-state index contributed by atoms with van der Waals surface area (Å²) in [6, 6.07) is 4.99. The van der Waals surface area contributed by atoms with Crippen LogP contribution in [0.1, 0.15) is 12.5 Å². The van der Waals surface area contributed by atoms with Crippen molar-refractivity contribution in [1.82, 2.24) is 4.90 Å². The highest BCUT2D eigenvalue weighted by atomic mass is 35.5. The van der Waals surface area contributed by atoms with E-state index in [9.17, 15) is 8.78 Å². The number of alkyl halides is 2. The molecular formula is C15H13Cl2F2N. The Morgan fingerprint density at radius 1 is 1.25 bits per heavy atom. The van der Waals surface area contributed by atoms with Crippen LogP contribution in [0.5, 0.6) is 0 Å². The van der Waals surface area contributed by atoms with Gasteiger partial charge in [-0.1, -0.05) is 35.9 Å². The van der Waals surface area contributed by atoms with Crippen molar-refractivity contribution in [2.75, 3.05) is 6.54 Å². The largest absolute Gasteiger partial charge is 0.335 e. The van der Waals surface area contributed by atoms with Crippen molar-refractivity contribution < 1.29 is 8.78 Å². The highest BCUT2D eigenvalue weighted by Crippen LogP contribution is 2.35. The van der Waals surface area contributed by atoms with Gasteiger partial charge in [0.05, 0.1) is 17.3 Å². The second-order valence-corrected chi connectivity index (χ2v) is 5.32. The minimum atomic E-state index is -2.47. The summed E-state index contributed by atoms with van der Waals surface area (Å²) in [5.41, 5.74) is 2.65. The van der Waals surface area contributed by atoms with Crippen LogP contribution in [0, 0.1) is 0 Å². The van der Waals surface area contributed by atoms with Gasteiger partial charge in [-0.2, -0.15) is 0 Å². The average Bonchev–Trinajstić information content (AvgIpc) is 2.36. The quantitative estimate of drug-likeness (QED) is 0.724. The van der Waals surface area contributed by atoms with Crippen molar-refractivity contribution in [3.05, 3.63) is 63.8 Å². The molecule has 0 radical (unpaired) electrons. The normalized spacial score (nSPS) is 15.5. The minimum Gasteiger partial charge on any atom is -0.335 e. The van der Waals surface area contributed by atoms with E-state index in [4.69, 9.17) is 23.2 Å². The molecule has 0 bridgehead atoms. The molecule has 0 amide bonds. The molecule has 20 heavy (non-hydrogen) atoms. The van der Waals surface area contributed by atoms with E-state index < -0.39 is 13.0 Å². The first-order valence-electron chi connectivity index (χ1n) is 5.99. The van der Waals surface area contributed by atoms with Gasteiger partial charge in [0.2, 0.25) is 0 Å². The number of halogens is 4. The third-order valence-corrected chi connectivity index (χ3v) is 3.64. The van der Waals surface area contributed by atoms with Crippen LogP contribution in [-0.4, -0.2) is 17.9 Å². The monoisotopic (exact) mass is 315 g/mol. The van der Waals surface area contributed by atoms with Crippen LogP contribution in [0.3, 0.4) is 0 Å². The maximum absolute atomic E-state index is 12.8. The van der Waals surface area contributed by atoms with Crippen molar-refractivity contribution in [2.24, 2.45) is 0 Å². The summed E-state index contributed by atoms with van der Waals surface area (Å²) >= 11 is 12.0. The van der Waals surface area contributed by atoms with Gasteiger partial charge in [0.25, 0.3) is 6.43 Å². The summed E-state index contributed by atoms with van der Waals surface area (Å²) in [5.74, 6) is 0. The van der Waals surface area contributed by atoms with Gasteiger partial charge >= 0.3 is 0 Å². The highest BCUT2D eigenvalue weighted by molar-refractivity contribution is 6.35. The van der Waals surface area contributed by atoms with E-state index in [0.717, 1.165) is 5.57 Å². The van der Waals surface area contributed by atoms with Gasteiger partial charge in [-0.15, -0.1) is 0 Å². The summed E-state index contributed by atoms with van der Waals surface area (Å²) < 4.78 is 25.6. The lowest BCUT2D eigenvalue weighted by Gasteiger charge is -2.32. The van der Waals surface area contributed by atoms with Gasteiger partial charge in [0.1, 0.15) is 0 Å². The zero-order valence-corrected chi connectivity index (χ0v) is 12.3. The smallest absolute Gasteiger partial charge is 0.256 e. The predicted molar refractivity (Wildman–Crippen MR) is 80.0 cm³/mol. The third-order valence-electron chi connectivity index (χ3n) is 3.09. The lowest BCUT2D eigenvalue weighted by Crippen LogP contribution is -2.28. The Bertz CT molecular complexity index is 606. The van der Waals surface area contributed by atoms with Crippen molar-refractivity contribution in [3.8, 4) is 0 Å². The molecule has 0 fully saturated rings. The molecule has 0 atom stereocenters. The van der Waals surface area contributed by atoms with Crippen LogP contribution in [0.2, 0.25) is 10.0 Å². The lowest BCUT2D eigenvalue weighted by molar-refractivity contribution is 0.123. The Balaban J connectivity index is 2.48. The first-order valence-corrected chi connectivity index (χ1v) is 6.74. The van der Waals surface area contributed by atoms with Gasteiger partial charge in [-0.25, -0.2) is 8.78 Å². The molecule has 0 N–H and O–H groups in total. The molecule has 0 aliphatic carbocycles. The van der Waals surface area contributed by atoms with Gasteiger partial charge in [-0.3, -0.25) is 0 Å². The molecule has 0 saturated heterocycles. The van der Waals surface area contributed by atoms with E-state index in [0.29, 0.717) is 27.0 Å². The number of benzene rings is 1. The fourth-order valence-electron chi connectivity index (χ4n) is 2.03. The SMILES string of the molecule is C=C1C(C)=CC=C(c2ccc(Cl)cc2Cl)N1CC(F)F. The zero-order valence-electron chi connectivity index (χ0n) is 10.8. The first-order chi connectivity index (χ1) is 9.40. The molecule has 0 saturated carbocycles. The van der Waals surface area contributed by atoms with Crippen molar-refractivity contribution in [2.45, 2.75) is 13.3 Å². The van der Waals surface area contributed by atoms with E-state index in [1.165, 1.54) is 4.90 Å². The predicted octanol–water partition coefficient (Wildman–Crippen LogP) is 5.38. The van der Waals surface area contributed by atoms with Crippen LogP contribution in [0.15, 0.2) is 48.2 Å². The molecule has 1 aliphatic rings. The molecule has 106 valence electrons. The molecular weight excluding hydrogens is 303 g/mol. The van der Waals surface area contributed by atoms with Gasteiger partial charge in [0.15, 0.2) is 0 Å². The Morgan fingerprint density at radius 2 is 1.95 bits per heavy atom. The van der Waals surface area contributed by atoms with Gasteiger partial charge in [0, 0.05) is 16.3 Å². The number of nitrogens with zero attached hydrogens (tertiary/aromatic N) is 1. The van der Waals surface area contributed by atoms with Crippen molar-refractivity contribution in [3.63, 3.8) is 0 Å². The second kappa shape index (κ2) is 5.98. The Kier molecular flexibility index (Phi) is 4.51. The highest BCUT2D eigenvalue weighted by Gasteiger charge is 2.23. The number of rotatable bonds is 3. The van der Waals surface area contributed by atoms with E-state index in [1.807, 2.05) is 13.0 Å². The van der Waals surface area contributed by atoms with Crippen LogP contribution in [0.25, 0.3) is 5.70 Å². The minimum absolute atomic E-state index is 0.420. The molecule has 0 aromatic heterocycles. The molecule has 1 aromatic rings. The van der Waals surface area contributed by atoms with E-state index >= 15 is 0 Å². The van der Waals surface area contributed by atoms with Crippen LogP contribution in [0.4, 0.5) is 8.78 Å². The van der Waals surface area contributed by atoms with Gasteiger partial charge in [-0.05, 0) is 36.8 Å². The van der Waals surface area contributed by atoms with E-state index in [1.54, 1.807) is 24.3 Å². The summed E-state index contributed by atoms with van der Waals surface area (Å²) in [6.45, 7) is 5.28. The second-order valence-electron chi connectivity index (χ2n) is 4.47. The molecule has 1 nitrogen and oxygen atoms in total.